The van der Waals surface area contributed by atoms with Crippen LogP contribution in [-0.2, 0) is 11.3 Å². The second-order valence-corrected chi connectivity index (χ2v) is 11.0. The molecule has 8 nitrogen and oxygen atoms in total. The van der Waals surface area contributed by atoms with Crippen molar-refractivity contribution in [3.05, 3.63) is 71.2 Å². The summed E-state index contributed by atoms with van der Waals surface area (Å²) in [6, 6.07) is 15.9. The number of nitrogens with zero attached hydrogens (tertiary/aromatic N) is 6. The molecule has 0 bridgehead atoms. The topological polar surface area (TPSA) is 97.4 Å². The molecule has 3 heterocycles. The van der Waals surface area contributed by atoms with Gasteiger partial charge in [0.2, 0.25) is 11.1 Å². The van der Waals surface area contributed by atoms with Crippen LogP contribution in [0.1, 0.15) is 18.9 Å². The minimum Gasteiger partial charge on any atom is -0.320 e. The van der Waals surface area contributed by atoms with E-state index in [0.29, 0.717) is 29.0 Å². The average molecular weight is 581 g/mol. The third-order valence-electron chi connectivity index (χ3n) is 5.59. The van der Waals surface area contributed by atoms with Crippen LogP contribution < -0.4 is 5.32 Å². The van der Waals surface area contributed by atoms with Gasteiger partial charge in [0.25, 0.3) is 0 Å². The highest BCUT2D eigenvalue weighted by molar-refractivity contribution is 9.10. The van der Waals surface area contributed by atoms with Crippen LogP contribution in [0.4, 0.5) is 0 Å². The number of allylic oxidation sites excluding steroid dienone is 1. The Kier molecular flexibility index (Phi) is 7.49. The Hall–Kier alpha value is -3.02. The van der Waals surface area contributed by atoms with Crippen LogP contribution in [0, 0.1) is 0 Å². The van der Waals surface area contributed by atoms with E-state index in [0.717, 1.165) is 37.8 Å². The summed E-state index contributed by atoms with van der Waals surface area (Å²) < 4.78 is 3.07. The molecule has 2 aromatic carbocycles. The molecule has 4 aromatic rings. The maximum absolute atomic E-state index is 13.0. The number of thioether (sulfide) groups is 2. The van der Waals surface area contributed by atoms with Crippen LogP contribution in [0.5, 0.6) is 0 Å². The molecule has 1 aliphatic rings. The number of carbonyl (C=O) groups is 1. The van der Waals surface area contributed by atoms with Crippen molar-refractivity contribution in [1.82, 2.24) is 25.1 Å². The lowest BCUT2D eigenvalue weighted by molar-refractivity contribution is -0.119. The fourth-order valence-electron chi connectivity index (χ4n) is 3.83. The number of benzene rings is 2. The second-order valence-electron chi connectivity index (χ2n) is 7.93. The molecule has 1 N–H and O–H groups in total. The first-order valence-electron chi connectivity index (χ1n) is 11.3. The summed E-state index contributed by atoms with van der Waals surface area (Å²) in [5.74, 6) is 0.466. The SMILES string of the molecule is C=CCn1c2ccccc2c2nnc(SC(CC)C(=O)NC3=NN=C(c4ccc(Br)cc4)CS3)nc21. The number of amides is 1. The maximum Gasteiger partial charge on any atom is 0.239 e. The lowest BCUT2D eigenvalue weighted by Crippen LogP contribution is -2.37. The summed E-state index contributed by atoms with van der Waals surface area (Å²) in [5.41, 5.74) is 4.37. The predicted molar refractivity (Wildman–Crippen MR) is 152 cm³/mol. The van der Waals surface area contributed by atoms with Gasteiger partial charge in [-0.05, 0) is 30.2 Å². The average Bonchev–Trinajstić information content (AvgIpc) is 3.21. The van der Waals surface area contributed by atoms with Gasteiger partial charge in [-0.15, -0.1) is 21.9 Å². The number of hydrogen-bond donors (Lipinski definition) is 1. The van der Waals surface area contributed by atoms with Gasteiger partial charge in [0.05, 0.1) is 16.5 Å². The predicted octanol–water partition coefficient (Wildman–Crippen LogP) is 5.42. The maximum atomic E-state index is 13.0. The molecule has 1 amide bonds. The first kappa shape index (κ1) is 24.7. The van der Waals surface area contributed by atoms with Crippen molar-refractivity contribution in [1.29, 1.82) is 0 Å². The zero-order valence-electron chi connectivity index (χ0n) is 19.4. The van der Waals surface area contributed by atoms with Crippen LogP contribution >= 0.6 is 39.5 Å². The number of para-hydroxylation sites is 1. The first-order chi connectivity index (χ1) is 17.6. The van der Waals surface area contributed by atoms with Gasteiger partial charge >= 0.3 is 0 Å². The summed E-state index contributed by atoms with van der Waals surface area (Å²) in [4.78, 5) is 17.8. The molecular formula is C25H22BrN7OS2. The molecule has 1 atom stereocenters. The zero-order valence-corrected chi connectivity index (χ0v) is 22.6. The Morgan fingerprint density at radius 2 is 2.03 bits per heavy atom. The van der Waals surface area contributed by atoms with Crippen LogP contribution in [0.3, 0.4) is 0 Å². The van der Waals surface area contributed by atoms with Crippen LogP contribution in [0.15, 0.2) is 81.0 Å². The molecule has 0 radical (unpaired) electrons. The number of amidine groups is 1. The van der Waals surface area contributed by atoms with E-state index in [1.165, 1.54) is 23.5 Å². The smallest absolute Gasteiger partial charge is 0.239 e. The van der Waals surface area contributed by atoms with Gasteiger partial charge < -0.3 is 9.88 Å². The standard InChI is InChI=1S/C25H22BrN7OS2/c1-3-13-33-19-8-6-5-7-17(19)21-22(33)27-25(32-30-21)36-20(4-2)23(34)28-24-31-29-18(14-35-24)15-9-11-16(26)12-10-15/h3,5-12,20H,1,4,13-14H2,2H3,(H,28,31,34). The summed E-state index contributed by atoms with van der Waals surface area (Å²) in [5, 5.41) is 21.7. The molecule has 182 valence electrons. The molecule has 0 saturated carbocycles. The highest BCUT2D eigenvalue weighted by Crippen LogP contribution is 2.29. The Labute approximate surface area is 224 Å². The number of aromatic nitrogens is 4. The van der Waals surface area contributed by atoms with Crippen molar-refractivity contribution >= 4 is 78.3 Å². The van der Waals surface area contributed by atoms with Crippen molar-refractivity contribution in [2.24, 2.45) is 10.2 Å². The Balaban J connectivity index is 1.33. The minimum absolute atomic E-state index is 0.161. The number of halogens is 1. The number of hydrogen-bond acceptors (Lipinski definition) is 8. The molecule has 11 heteroatoms. The van der Waals surface area contributed by atoms with Gasteiger partial charge in [-0.1, -0.05) is 82.8 Å². The normalized spacial score (nSPS) is 14.4. The monoisotopic (exact) mass is 579 g/mol. The molecule has 0 saturated heterocycles. The van der Waals surface area contributed by atoms with Gasteiger partial charge in [0.1, 0.15) is 5.52 Å². The second kappa shape index (κ2) is 10.9. The number of fused-ring (bicyclic) bond motifs is 3. The molecule has 36 heavy (non-hydrogen) atoms. The molecule has 0 aliphatic carbocycles. The van der Waals surface area contributed by atoms with Gasteiger partial charge in [-0.2, -0.15) is 5.10 Å². The van der Waals surface area contributed by atoms with Gasteiger partial charge in [0, 0.05) is 22.2 Å². The van der Waals surface area contributed by atoms with Gasteiger partial charge in [-0.3, -0.25) is 4.79 Å². The third-order valence-corrected chi connectivity index (χ3v) is 8.21. The molecule has 0 fully saturated rings. The van der Waals surface area contributed by atoms with Crippen LogP contribution in [0.25, 0.3) is 22.1 Å². The summed E-state index contributed by atoms with van der Waals surface area (Å²) in [6.07, 6.45) is 2.43. The quantitative estimate of drug-likeness (QED) is 0.232. The molecule has 1 aliphatic heterocycles. The van der Waals surface area contributed by atoms with Crippen LogP contribution in [-0.4, -0.2) is 47.5 Å². The minimum atomic E-state index is -0.401. The van der Waals surface area contributed by atoms with Gasteiger partial charge in [0.15, 0.2) is 10.8 Å². The van der Waals surface area contributed by atoms with Gasteiger partial charge in [-0.25, -0.2) is 4.98 Å². The van der Waals surface area contributed by atoms with Crippen molar-refractivity contribution in [2.75, 3.05) is 5.75 Å². The Morgan fingerprint density at radius 3 is 2.75 bits per heavy atom. The molecule has 1 unspecified atom stereocenters. The van der Waals surface area contributed by atoms with E-state index in [1.807, 2.05) is 61.5 Å². The highest BCUT2D eigenvalue weighted by Gasteiger charge is 2.24. The van der Waals surface area contributed by atoms with Crippen molar-refractivity contribution in [3.8, 4) is 0 Å². The number of carbonyl (C=O) groups excluding carboxylic acids is 1. The Bertz CT molecular complexity index is 1510. The molecule has 2 aromatic heterocycles. The largest absolute Gasteiger partial charge is 0.320 e. The number of rotatable bonds is 7. The van der Waals surface area contributed by atoms with E-state index in [4.69, 9.17) is 4.98 Å². The molecular weight excluding hydrogens is 558 g/mol. The van der Waals surface area contributed by atoms with Crippen molar-refractivity contribution in [2.45, 2.75) is 30.3 Å². The molecule has 0 spiro atoms. The summed E-state index contributed by atoms with van der Waals surface area (Å²) in [6.45, 7) is 6.43. The third kappa shape index (κ3) is 5.09. The van der Waals surface area contributed by atoms with E-state index in [1.54, 1.807) is 0 Å². The highest BCUT2D eigenvalue weighted by atomic mass is 79.9. The molecule has 5 rings (SSSR count). The fraction of sp³-hybridized carbons (Fsp3) is 0.200. The van der Waals surface area contributed by atoms with Crippen molar-refractivity contribution < 1.29 is 4.79 Å². The first-order valence-corrected chi connectivity index (χ1v) is 14.0. The number of nitrogens with one attached hydrogen (secondary N) is 1. The van der Waals surface area contributed by atoms with E-state index in [-0.39, 0.29) is 5.91 Å². The van der Waals surface area contributed by atoms with E-state index < -0.39 is 5.25 Å². The Morgan fingerprint density at radius 1 is 1.22 bits per heavy atom. The van der Waals surface area contributed by atoms with E-state index >= 15 is 0 Å². The van der Waals surface area contributed by atoms with E-state index in [2.05, 4.69) is 52.8 Å². The fourth-order valence-corrected chi connectivity index (χ4v) is 5.68. The lowest BCUT2D eigenvalue weighted by Gasteiger charge is -2.16. The van der Waals surface area contributed by atoms with E-state index in [9.17, 15) is 4.79 Å². The zero-order chi connectivity index (χ0) is 25.1. The van der Waals surface area contributed by atoms with Crippen molar-refractivity contribution in [3.63, 3.8) is 0 Å². The summed E-state index contributed by atoms with van der Waals surface area (Å²) >= 11 is 6.19. The summed E-state index contributed by atoms with van der Waals surface area (Å²) in [7, 11) is 0. The lowest BCUT2D eigenvalue weighted by atomic mass is 10.1. The van der Waals surface area contributed by atoms with Crippen LogP contribution in [0.2, 0.25) is 0 Å².